The Morgan fingerprint density at radius 2 is 2.16 bits per heavy atom. The van der Waals surface area contributed by atoms with Crippen molar-refractivity contribution in [3.05, 3.63) is 35.1 Å². The summed E-state index contributed by atoms with van der Waals surface area (Å²) in [7, 11) is 0. The molecule has 0 radical (unpaired) electrons. The maximum Gasteiger partial charge on any atom is 0.253 e. The van der Waals surface area contributed by atoms with E-state index in [1.807, 2.05) is 6.92 Å². The molecule has 1 aromatic rings. The summed E-state index contributed by atoms with van der Waals surface area (Å²) in [5.41, 5.74) is 1.09. The molecule has 1 aliphatic rings. The lowest BCUT2D eigenvalue weighted by molar-refractivity contribution is -0.125. The zero-order chi connectivity index (χ0) is 14.0. The van der Waals surface area contributed by atoms with E-state index in [1.165, 1.54) is 12.1 Å². The monoisotopic (exact) mass is 263 g/mol. The van der Waals surface area contributed by atoms with Gasteiger partial charge in [0, 0.05) is 31.0 Å². The summed E-state index contributed by atoms with van der Waals surface area (Å²) >= 11 is 0. The Morgan fingerprint density at radius 1 is 1.42 bits per heavy atom. The Labute approximate surface area is 112 Å². The number of Topliss-reactive ketones (excluding diaryl/α,β-unsaturated/α-hetero) is 1. The van der Waals surface area contributed by atoms with Gasteiger partial charge in [-0.05, 0) is 37.1 Å². The first-order valence-electron chi connectivity index (χ1n) is 6.60. The van der Waals surface area contributed by atoms with Crippen LogP contribution < -0.4 is 0 Å². The molecule has 1 amide bonds. The van der Waals surface area contributed by atoms with E-state index in [1.54, 1.807) is 17.9 Å². The third-order valence-corrected chi connectivity index (χ3v) is 3.59. The average molecular weight is 263 g/mol. The zero-order valence-electron chi connectivity index (χ0n) is 11.3. The van der Waals surface area contributed by atoms with Crippen molar-refractivity contribution in [3.8, 4) is 0 Å². The lowest BCUT2D eigenvalue weighted by Crippen LogP contribution is -2.44. The van der Waals surface area contributed by atoms with Gasteiger partial charge in [-0.15, -0.1) is 0 Å². The molecular weight excluding hydrogens is 245 g/mol. The molecule has 1 aromatic carbocycles. The van der Waals surface area contributed by atoms with Crippen molar-refractivity contribution in [3.63, 3.8) is 0 Å². The Kier molecular flexibility index (Phi) is 3.98. The first-order chi connectivity index (χ1) is 9.01. The second-order valence-corrected chi connectivity index (χ2v) is 5.09. The van der Waals surface area contributed by atoms with Gasteiger partial charge in [-0.3, -0.25) is 9.59 Å². The Morgan fingerprint density at radius 3 is 2.79 bits per heavy atom. The van der Waals surface area contributed by atoms with Gasteiger partial charge < -0.3 is 4.90 Å². The van der Waals surface area contributed by atoms with Crippen molar-refractivity contribution in [2.45, 2.75) is 26.7 Å². The summed E-state index contributed by atoms with van der Waals surface area (Å²) in [6.45, 7) is 4.59. The molecule has 0 aliphatic carbocycles. The molecule has 0 aromatic heterocycles. The minimum absolute atomic E-state index is 0.0765. The lowest BCUT2D eigenvalue weighted by Gasteiger charge is -2.31. The van der Waals surface area contributed by atoms with E-state index in [2.05, 4.69) is 0 Å². The topological polar surface area (TPSA) is 37.4 Å². The summed E-state index contributed by atoms with van der Waals surface area (Å²) in [5, 5.41) is 0. The molecule has 1 unspecified atom stereocenters. The number of nitrogens with zero attached hydrogens (tertiary/aromatic N) is 1. The number of likely N-dealkylation sites (tertiary alicyclic amines) is 1. The number of benzene rings is 1. The Bertz CT molecular complexity index is 493. The van der Waals surface area contributed by atoms with Crippen LogP contribution in [-0.2, 0) is 4.79 Å². The number of halogens is 1. The van der Waals surface area contributed by atoms with Crippen LogP contribution in [-0.4, -0.2) is 29.7 Å². The minimum atomic E-state index is -0.400. The first-order valence-corrected chi connectivity index (χ1v) is 6.60. The number of aryl methyl sites for hydroxylation is 1. The molecule has 102 valence electrons. The van der Waals surface area contributed by atoms with Crippen molar-refractivity contribution in [1.82, 2.24) is 4.90 Å². The van der Waals surface area contributed by atoms with E-state index in [0.29, 0.717) is 25.1 Å². The molecule has 3 nitrogen and oxygen atoms in total. The number of carbonyl (C=O) groups excluding carboxylic acids is 2. The molecule has 1 fully saturated rings. The van der Waals surface area contributed by atoms with Gasteiger partial charge in [-0.2, -0.15) is 0 Å². The quantitative estimate of drug-likeness (QED) is 0.822. The van der Waals surface area contributed by atoms with Gasteiger partial charge in [-0.25, -0.2) is 4.39 Å². The predicted octanol–water partition coefficient (Wildman–Crippen LogP) is 2.58. The SMILES string of the molecule is CCC1CN(C(=O)c2cc(C)cc(F)c2)CCC1=O. The van der Waals surface area contributed by atoms with Gasteiger partial charge in [0.25, 0.3) is 5.91 Å². The van der Waals surface area contributed by atoms with Crippen molar-refractivity contribution in [2.75, 3.05) is 13.1 Å². The minimum Gasteiger partial charge on any atom is -0.337 e. The van der Waals surface area contributed by atoms with Crippen LogP contribution in [0.5, 0.6) is 0 Å². The van der Waals surface area contributed by atoms with E-state index >= 15 is 0 Å². The van der Waals surface area contributed by atoms with Crippen molar-refractivity contribution >= 4 is 11.7 Å². The molecule has 0 spiro atoms. The number of carbonyl (C=O) groups is 2. The zero-order valence-corrected chi connectivity index (χ0v) is 11.3. The van der Waals surface area contributed by atoms with Crippen LogP contribution in [0.3, 0.4) is 0 Å². The summed E-state index contributed by atoms with van der Waals surface area (Å²) in [4.78, 5) is 25.6. The van der Waals surface area contributed by atoms with Crippen molar-refractivity contribution in [1.29, 1.82) is 0 Å². The Hall–Kier alpha value is -1.71. The van der Waals surface area contributed by atoms with Crippen LogP contribution in [0, 0.1) is 18.7 Å². The highest BCUT2D eigenvalue weighted by atomic mass is 19.1. The summed E-state index contributed by atoms with van der Waals surface area (Å²) in [6, 6.07) is 4.33. The average Bonchev–Trinajstić information content (AvgIpc) is 2.37. The number of ketones is 1. The molecule has 19 heavy (non-hydrogen) atoms. The molecule has 2 rings (SSSR count). The third kappa shape index (κ3) is 3.00. The molecular formula is C15H18FNO2. The fourth-order valence-electron chi connectivity index (χ4n) is 2.49. The summed E-state index contributed by atoms with van der Waals surface area (Å²) in [5.74, 6) is -0.439. The summed E-state index contributed by atoms with van der Waals surface area (Å²) < 4.78 is 13.3. The second-order valence-electron chi connectivity index (χ2n) is 5.09. The molecule has 4 heteroatoms. The van der Waals surface area contributed by atoms with E-state index < -0.39 is 5.82 Å². The smallest absolute Gasteiger partial charge is 0.253 e. The molecule has 1 atom stereocenters. The van der Waals surface area contributed by atoms with E-state index in [9.17, 15) is 14.0 Å². The molecule has 0 N–H and O–H groups in total. The normalized spacial score (nSPS) is 19.6. The molecule has 1 aliphatic heterocycles. The fraction of sp³-hybridized carbons (Fsp3) is 0.467. The van der Waals surface area contributed by atoms with Gasteiger partial charge in [0.05, 0.1) is 0 Å². The van der Waals surface area contributed by atoms with Crippen LogP contribution in [0.15, 0.2) is 18.2 Å². The maximum atomic E-state index is 13.3. The van der Waals surface area contributed by atoms with Crippen LogP contribution in [0.25, 0.3) is 0 Å². The van der Waals surface area contributed by atoms with Crippen LogP contribution in [0.4, 0.5) is 4.39 Å². The largest absolute Gasteiger partial charge is 0.337 e. The van der Waals surface area contributed by atoms with Gasteiger partial charge in [0.2, 0.25) is 0 Å². The number of rotatable bonds is 2. The van der Waals surface area contributed by atoms with Crippen LogP contribution >= 0.6 is 0 Å². The maximum absolute atomic E-state index is 13.3. The highest BCUT2D eigenvalue weighted by Gasteiger charge is 2.29. The number of amides is 1. The second kappa shape index (κ2) is 5.51. The lowest BCUT2D eigenvalue weighted by atomic mass is 9.93. The van der Waals surface area contributed by atoms with Gasteiger partial charge >= 0.3 is 0 Å². The van der Waals surface area contributed by atoms with Crippen LogP contribution in [0.1, 0.15) is 35.7 Å². The van der Waals surface area contributed by atoms with E-state index in [-0.39, 0.29) is 17.6 Å². The first kappa shape index (κ1) is 13.7. The number of piperidine rings is 1. The highest BCUT2D eigenvalue weighted by molar-refractivity contribution is 5.96. The predicted molar refractivity (Wildman–Crippen MR) is 70.4 cm³/mol. The molecule has 1 saturated heterocycles. The summed E-state index contributed by atoms with van der Waals surface area (Å²) in [6.07, 6.45) is 1.14. The van der Waals surface area contributed by atoms with Gasteiger partial charge in [0.1, 0.15) is 11.6 Å². The molecule has 1 heterocycles. The third-order valence-electron chi connectivity index (χ3n) is 3.59. The van der Waals surface area contributed by atoms with Crippen LogP contribution in [0.2, 0.25) is 0 Å². The molecule has 0 bridgehead atoms. The van der Waals surface area contributed by atoms with Crippen molar-refractivity contribution < 1.29 is 14.0 Å². The van der Waals surface area contributed by atoms with Gasteiger partial charge in [-0.1, -0.05) is 6.92 Å². The highest BCUT2D eigenvalue weighted by Crippen LogP contribution is 2.19. The van der Waals surface area contributed by atoms with Crippen molar-refractivity contribution in [2.24, 2.45) is 5.92 Å². The Balaban J connectivity index is 2.17. The fourth-order valence-corrected chi connectivity index (χ4v) is 2.49. The molecule has 0 saturated carbocycles. The van der Waals surface area contributed by atoms with E-state index in [4.69, 9.17) is 0 Å². The van der Waals surface area contributed by atoms with Gasteiger partial charge in [0.15, 0.2) is 0 Å². The standard InChI is InChI=1S/C15H18FNO2/c1-3-11-9-17(5-4-14(11)18)15(19)12-6-10(2)7-13(16)8-12/h6-8,11H,3-5,9H2,1-2H3. The van der Waals surface area contributed by atoms with E-state index in [0.717, 1.165) is 12.0 Å². The number of hydrogen-bond acceptors (Lipinski definition) is 2. The number of hydrogen-bond donors (Lipinski definition) is 0.